The minimum absolute atomic E-state index is 0.0401. The summed E-state index contributed by atoms with van der Waals surface area (Å²) in [5.74, 6) is -4.30. The van der Waals surface area contributed by atoms with Gasteiger partial charge in [-0.05, 0) is 32.1 Å². The summed E-state index contributed by atoms with van der Waals surface area (Å²) in [7, 11) is 0. The number of carbonyl (C=O) groups is 3. The van der Waals surface area contributed by atoms with Gasteiger partial charge < -0.3 is 33.9 Å². The Labute approximate surface area is 247 Å². The molecule has 0 aliphatic heterocycles. The molecule has 0 saturated carbocycles. The van der Waals surface area contributed by atoms with Crippen LogP contribution in [0.5, 0.6) is 0 Å². The second kappa shape index (κ2) is 30.9. The predicted molar refractivity (Wildman–Crippen MR) is 157 cm³/mol. The maximum absolute atomic E-state index is 12.1. The molecule has 0 aliphatic rings. The first-order chi connectivity index (χ1) is 20.0. The zero-order valence-corrected chi connectivity index (χ0v) is 25.4. The first-order valence-electron chi connectivity index (χ1n) is 15.6. The number of carboxylic acid groups (broad SMARTS) is 2. The molecule has 0 aromatic heterocycles. The van der Waals surface area contributed by atoms with Crippen molar-refractivity contribution in [3.05, 3.63) is 12.2 Å². The van der Waals surface area contributed by atoms with Gasteiger partial charge in [-0.15, -0.1) is 0 Å². The van der Waals surface area contributed by atoms with Crippen molar-refractivity contribution < 1.29 is 48.3 Å². The summed E-state index contributed by atoms with van der Waals surface area (Å²) in [5, 5.41) is 17.8. The molecule has 1 atom stereocenters. The van der Waals surface area contributed by atoms with Gasteiger partial charge in [0, 0.05) is 0 Å². The quantitative estimate of drug-likeness (QED) is 0.0428. The first kappa shape index (κ1) is 39.0. The maximum atomic E-state index is 12.1. The van der Waals surface area contributed by atoms with Gasteiger partial charge in [0.25, 0.3) is 0 Å². The largest absolute Gasteiger partial charge is 0.481 e. The Morgan fingerprint density at radius 2 is 1.05 bits per heavy atom. The van der Waals surface area contributed by atoms with Crippen molar-refractivity contribution in [2.24, 2.45) is 5.92 Å². The molecular weight excluding hydrogens is 532 g/mol. The number of rotatable bonds is 32. The van der Waals surface area contributed by atoms with Crippen LogP contribution in [-0.2, 0) is 38.1 Å². The number of aliphatic carboxylic acids is 2. The second-order valence-electron chi connectivity index (χ2n) is 10.1. The number of carboxylic acids is 2. The van der Waals surface area contributed by atoms with E-state index in [0.29, 0.717) is 26.4 Å². The maximum Gasteiger partial charge on any atom is 0.322 e. The monoisotopic (exact) mass is 588 g/mol. The third kappa shape index (κ3) is 29.3. The van der Waals surface area contributed by atoms with E-state index in [1.165, 1.54) is 57.8 Å². The number of carbonyl (C=O) groups excluding carboxylic acids is 1. The Kier molecular flexibility index (Phi) is 29.4. The number of hydrogen-bond donors (Lipinski definition) is 2. The molecule has 0 aromatic rings. The Bertz CT molecular complexity index is 653. The van der Waals surface area contributed by atoms with Crippen molar-refractivity contribution in [2.45, 2.75) is 103 Å². The lowest BCUT2D eigenvalue weighted by atomic mass is 10.1. The predicted octanol–water partition coefficient (Wildman–Crippen LogP) is 5.81. The molecule has 0 aromatic carbocycles. The zero-order valence-electron chi connectivity index (χ0n) is 25.4. The number of unbranched alkanes of at least 4 members (excludes halogenated alkanes) is 12. The molecule has 0 saturated heterocycles. The highest BCUT2D eigenvalue weighted by molar-refractivity contribution is 5.94. The SMILES string of the molecule is CCCCCCCC/C=C\CCCCCCCCOC(=O)C(COCCOCCOCCOCCC(=O)O)C(=O)O. The van der Waals surface area contributed by atoms with Crippen LogP contribution in [0.1, 0.15) is 103 Å². The van der Waals surface area contributed by atoms with Gasteiger partial charge >= 0.3 is 17.9 Å². The van der Waals surface area contributed by atoms with Gasteiger partial charge in [-0.1, -0.05) is 76.9 Å². The van der Waals surface area contributed by atoms with Gasteiger partial charge in [0.1, 0.15) is 0 Å². The van der Waals surface area contributed by atoms with E-state index in [-0.39, 0.29) is 39.5 Å². The highest BCUT2D eigenvalue weighted by Gasteiger charge is 2.28. The Hall–Kier alpha value is -2.01. The molecule has 0 fully saturated rings. The molecule has 0 heterocycles. The van der Waals surface area contributed by atoms with Gasteiger partial charge in [-0.3, -0.25) is 14.4 Å². The van der Waals surface area contributed by atoms with Crippen molar-refractivity contribution in [1.29, 1.82) is 0 Å². The van der Waals surface area contributed by atoms with Crippen LogP contribution < -0.4 is 0 Å². The average Bonchev–Trinajstić information content (AvgIpc) is 2.94. The topological polar surface area (TPSA) is 138 Å². The molecule has 0 spiro atoms. The molecule has 2 N–H and O–H groups in total. The first-order valence-corrected chi connectivity index (χ1v) is 15.6. The van der Waals surface area contributed by atoms with Crippen molar-refractivity contribution in [1.82, 2.24) is 0 Å². The van der Waals surface area contributed by atoms with Crippen LogP contribution in [0.4, 0.5) is 0 Å². The van der Waals surface area contributed by atoms with Crippen LogP contribution in [0.2, 0.25) is 0 Å². The van der Waals surface area contributed by atoms with E-state index in [2.05, 4.69) is 19.1 Å². The molecule has 41 heavy (non-hydrogen) atoms. The van der Waals surface area contributed by atoms with Crippen LogP contribution >= 0.6 is 0 Å². The Morgan fingerprint density at radius 1 is 0.585 bits per heavy atom. The van der Waals surface area contributed by atoms with Gasteiger partial charge in [0.05, 0.1) is 65.9 Å². The summed E-state index contributed by atoms with van der Waals surface area (Å²) in [4.78, 5) is 33.9. The summed E-state index contributed by atoms with van der Waals surface area (Å²) in [6.45, 7) is 4.01. The summed E-state index contributed by atoms with van der Waals surface area (Å²) in [6.07, 6.45) is 21.3. The lowest BCUT2D eigenvalue weighted by Crippen LogP contribution is -2.31. The number of hydrogen-bond acceptors (Lipinski definition) is 8. The van der Waals surface area contributed by atoms with Gasteiger partial charge in [0.15, 0.2) is 5.92 Å². The summed E-state index contributed by atoms with van der Waals surface area (Å²) in [5.41, 5.74) is 0. The van der Waals surface area contributed by atoms with Crippen LogP contribution in [-0.4, -0.2) is 87.6 Å². The van der Waals surface area contributed by atoms with Crippen LogP contribution in [0, 0.1) is 5.92 Å². The normalized spacial score (nSPS) is 12.1. The number of esters is 1. The van der Waals surface area contributed by atoms with Crippen LogP contribution in [0.25, 0.3) is 0 Å². The van der Waals surface area contributed by atoms with E-state index in [1.54, 1.807) is 0 Å². The lowest BCUT2D eigenvalue weighted by Gasteiger charge is -2.13. The summed E-state index contributed by atoms with van der Waals surface area (Å²) >= 11 is 0. The van der Waals surface area contributed by atoms with Crippen LogP contribution in [0.15, 0.2) is 12.2 Å². The van der Waals surface area contributed by atoms with Crippen molar-refractivity contribution in [3.8, 4) is 0 Å². The Morgan fingerprint density at radius 3 is 1.56 bits per heavy atom. The lowest BCUT2D eigenvalue weighted by molar-refractivity contribution is -0.162. The molecule has 240 valence electrons. The fourth-order valence-corrected chi connectivity index (χ4v) is 3.88. The molecule has 10 nitrogen and oxygen atoms in total. The molecular formula is C31H56O10. The Balaban J connectivity index is 3.57. The summed E-state index contributed by atoms with van der Waals surface area (Å²) in [6, 6.07) is 0. The van der Waals surface area contributed by atoms with E-state index in [1.807, 2.05) is 0 Å². The van der Waals surface area contributed by atoms with Crippen molar-refractivity contribution >= 4 is 17.9 Å². The molecule has 0 bridgehead atoms. The number of allylic oxidation sites excluding steroid dienone is 2. The third-order valence-electron chi connectivity index (χ3n) is 6.34. The fraction of sp³-hybridized carbons (Fsp3) is 0.839. The molecule has 0 aliphatic carbocycles. The highest BCUT2D eigenvalue weighted by atomic mass is 16.6. The molecule has 0 radical (unpaired) electrons. The molecule has 1 unspecified atom stereocenters. The van der Waals surface area contributed by atoms with E-state index in [0.717, 1.165) is 32.1 Å². The van der Waals surface area contributed by atoms with E-state index < -0.39 is 23.8 Å². The van der Waals surface area contributed by atoms with E-state index in [4.69, 9.17) is 28.8 Å². The van der Waals surface area contributed by atoms with E-state index >= 15 is 0 Å². The molecule has 10 heteroatoms. The standard InChI is InChI=1S/C31H56O10/c1-2-3-4-5-6-7-8-9-10-11-12-13-14-15-16-17-19-41-31(36)28(30(34)35)27-40-26-25-39-24-23-38-22-21-37-20-18-29(32)33/h9-10,28H,2-8,11-27H2,1H3,(H,32,33)(H,34,35)/b10-9-. The second-order valence-corrected chi connectivity index (χ2v) is 10.1. The minimum Gasteiger partial charge on any atom is -0.481 e. The van der Waals surface area contributed by atoms with Gasteiger partial charge in [-0.25, -0.2) is 0 Å². The van der Waals surface area contributed by atoms with Crippen molar-refractivity contribution in [3.63, 3.8) is 0 Å². The number of ether oxygens (including phenoxy) is 5. The van der Waals surface area contributed by atoms with Gasteiger partial charge in [-0.2, -0.15) is 0 Å². The molecule has 0 rings (SSSR count). The van der Waals surface area contributed by atoms with E-state index in [9.17, 15) is 19.5 Å². The smallest absolute Gasteiger partial charge is 0.322 e. The fourth-order valence-electron chi connectivity index (χ4n) is 3.88. The zero-order chi connectivity index (χ0) is 30.2. The average molecular weight is 589 g/mol. The third-order valence-corrected chi connectivity index (χ3v) is 6.34. The van der Waals surface area contributed by atoms with Crippen molar-refractivity contribution in [2.75, 3.05) is 59.5 Å². The highest BCUT2D eigenvalue weighted by Crippen LogP contribution is 2.10. The van der Waals surface area contributed by atoms with Gasteiger partial charge in [0.2, 0.25) is 0 Å². The molecule has 0 amide bonds. The summed E-state index contributed by atoms with van der Waals surface area (Å²) < 4.78 is 26.1. The minimum atomic E-state index is -1.35. The van der Waals surface area contributed by atoms with Crippen LogP contribution in [0.3, 0.4) is 0 Å².